The Morgan fingerprint density at radius 2 is 2.05 bits per heavy atom. The standard InChI is InChI=1S/C13H16F3N3O2/c14-13(15,16)9-1-2-10(18-7-9)11(20)19-12(8-17)3-5-21-6-4-12/h1-2,7H,3-6,8,17H2,(H,19,20). The van der Waals surface area contributed by atoms with Crippen LogP contribution in [0, 0.1) is 0 Å². The van der Waals surface area contributed by atoms with Crippen LogP contribution in [-0.4, -0.2) is 36.2 Å². The Balaban J connectivity index is 2.09. The SMILES string of the molecule is NCC1(NC(=O)c2ccc(C(F)(F)F)cn2)CCOCC1. The molecule has 1 saturated heterocycles. The molecule has 0 aliphatic carbocycles. The molecule has 1 aliphatic heterocycles. The summed E-state index contributed by atoms with van der Waals surface area (Å²) in [4.78, 5) is 15.7. The molecular formula is C13H16F3N3O2. The molecule has 116 valence electrons. The number of alkyl halides is 3. The number of pyridine rings is 1. The predicted octanol–water partition coefficient (Wildman–Crippen LogP) is 1.34. The van der Waals surface area contributed by atoms with Gasteiger partial charge < -0.3 is 15.8 Å². The molecule has 21 heavy (non-hydrogen) atoms. The van der Waals surface area contributed by atoms with Crippen LogP contribution in [0.15, 0.2) is 18.3 Å². The largest absolute Gasteiger partial charge is 0.417 e. The van der Waals surface area contributed by atoms with Crippen molar-refractivity contribution in [3.63, 3.8) is 0 Å². The van der Waals surface area contributed by atoms with Gasteiger partial charge in [-0.3, -0.25) is 9.78 Å². The molecule has 0 saturated carbocycles. The molecule has 2 heterocycles. The van der Waals surface area contributed by atoms with E-state index in [2.05, 4.69) is 10.3 Å². The number of nitrogens with one attached hydrogen (secondary N) is 1. The van der Waals surface area contributed by atoms with Crippen LogP contribution in [0.1, 0.15) is 28.9 Å². The third kappa shape index (κ3) is 3.70. The van der Waals surface area contributed by atoms with Gasteiger partial charge in [0.1, 0.15) is 5.69 Å². The topological polar surface area (TPSA) is 77.2 Å². The fourth-order valence-electron chi connectivity index (χ4n) is 2.14. The van der Waals surface area contributed by atoms with Gasteiger partial charge in [0.2, 0.25) is 0 Å². The fourth-order valence-corrected chi connectivity index (χ4v) is 2.14. The molecule has 0 atom stereocenters. The molecule has 0 aromatic carbocycles. The van der Waals surface area contributed by atoms with E-state index in [1.807, 2.05) is 0 Å². The van der Waals surface area contributed by atoms with E-state index in [9.17, 15) is 18.0 Å². The van der Waals surface area contributed by atoms with Crippen molar-refractivity contribution in [3.8, 4) is 0 Å². The third-order valence-electron chi connectivity index (χ3n) is 3.54. The summed E-state index contributed by atoms with van der Waals surface area (Å²) in [5, 5.41) is 2.77. The maximum atomic E-state index is 12.4. The van der Waals surface area contributed by atoms with Crippen LogP contribution < -0.4 is 11.1 Å². The van der Waals surface area contributed by atoms with Gasteiger partial charge in [-0.05, 0) is 25.0 Å². The lowest BCUT2D eigenvalue weighted by atomic mass is 9.90. The second kappa shape index (κ2) is 5.98. The second-order valence-electron chi connectivity index (χ2n) is 4.98. The van der Waals surface area contributed by atoms with Crippen molar-refractivity contribution in [2.24, 2.45) is 5.73 Å². The van der Waals surface area contributed by atoms with Crippen molar-refractivity contribution in [2.75, 3.05) is 19.8 Å². The highest BCUT2D eigenvalue weighted by molar-refractivity contribution is 5.92. The number of nitrogens with two attached hydrogens (primary N) is 1. The first-order valence-electron chi connectivity index (χ1n) is 6.50. The summed E-state index contributed by atoms with van der Waals surface area (Å²) in [5.74, 6) is -0.531. The molecule has 8 heteroatoms. The minimum absolute atomic E-state index is 0.0673. The van der Waals surface area contributed by atoms with E-state index < -0.39 is 23.2 Å². The number of rotatable bonds is 3. The van der Waals surface area contributed by atoms with Crippen molar-refractivity contribution < 1.29 is 22.7 Å². The summed E-state index contributed by atoms with van der Waals surface area (Å²) < 4.78 is 42.5. The summed E-state index contributed by atoms with van der Waals surface area (Å²) in [5.41, 5.74) is 4.17. The Hall–Kier alpha value is -1.67. The van der Waals surface area contributed by atoms with E-state index in [0.717, 1.165) is 12.1 Å². The molecule has 0 radical (unpaired) electrons. The zero-order valence-corrected chi connectivity index (χ0v) is 11.2. The normalized spacial score (nSPS) is 18.3. The van der Waals surface area contributed by atoms with Gasteiger partial charge in [0.15, 0.2) is 0 Å². The molecule has 1 aliphatic rings. The zero-order chi connectivity index (χ0) is 15.5. The Bertz CT molecular complexity index is 496. The lowest BCUT2D eigenvalue weighted by Gasteiger charge is -2.36. The maximum Gasteiger partial charge on any atom is 0.417 e. The molecule has 1 amide bonds. The monoisotopic (exact) mass is 303 g/mol. The Labute approximate surface area is 119 Å². The van der Waals surface area contributed by atoms with Gasteiger partial charge >= 0.3 is 6.18 Å². The number of carbonyl (C=O) groups is 1. The number of halogens is 3. The summed E-state index contributed by atoms with van der Waals surface area (Å²) in [7, 11) is 0. The van der Waals surface area contributed by atoms with Crippen LogP contribution in [0.25, 0.3) is 0 Å². The highest BCUT2D eigenvalue weighted by Gasteiger charge is 2.34. The Morgan fingerprint density at radius 3 is 2.52 bits per heavy atom. The number of ether oxygens (including phenoxy) is 1. The van der Waals surface area contributed by atoms with Crippen LogP contribution in [0.2, 0.25) is 0 Å². The van der Waals surface area contributed by atoms with E-state index in [4.69, 9.17) is 10.5 Å². The average Bonchev–Trinajstić information content (AvgIpc) is 2.47. The highest BCUT2D eigenvalue weighted by Crippen LogP contribution is 2.28. The van der Waals surface area contributed by atoms with Crippen LogP contribution in [0.3, 0.4) is 0 Å². The van der Waals surface area contributed by atoms with E-state index >= 15 is 0 Å². The van der Waals surface area contributed by atoms with Gasteiger partial charge in [0, 0.05) is 26.0 Å². The molecular weight excluding hydrogens is 287 g/mol. The van der Waals surface area contributed by atoms with E-state index in [-0.39, 0.29) is 12.2 Å². The first kappa shape index (κ1) is 15.7. The molecule has 3 N–H and O–H groups in total. The zero-order valence-electron chi connectivity index (χ0n) is 11.2. The number of hydrogen-bond acceptors (Lipinski definition) is 4. The summed E-state index contributed by atoms with van der Waals surface area (Å²) in [6.07, 6.45) is -2.69. The van der Waals surface area contributed by atoms with Crippen molar-refractivity contribution in [1.29, 1.82) is 0 Å². The number of hydrogen-bond donors (Lipinski definition) is 2. The average molecular weight is 303 g/mol. The lowest BCUT2D eigenvalue weighted by Crippen LogP contribution is -2.56. The van der Waals surface area contributed by atoms with Gasteiger partial charge in [-0.15, -0.1) is 0 Å². The highest BCUT2D eigenvalue weighted by atomic mass is 19.4. The Morgan fingerprint density at radius 1 is 1.38 bits per heavy atom. The minimum atomic E-state index is -4.47. The number of carbonyl (C=O) groups excluding carboxylic acids is 1. The quantitative estimate of drug-likeness (QED) is 0.883. The molecule has 0 unspecified atom stereocenters. The molecule has 2 rings (SSSR count). The lowest BCUT2D eigenvalue weighted by molar-refractivity contribution is -0.137. The molecule has 0 spiro atoms. The van der Waals surface area contributed by atoms with Gasteiger partial charge in [-0.1, -0.05) is 0 Å². The van der Waals surface area contributed by atoms with E-state index in [0.29, 0.717) is 32.3 Å². The molecule has 1 fully saturated rings. The minimum Gasteiger partial charge on any atom is -0.381 e. The third-order valence-corrected chi connectivity index (χ3v) is 3.54. The first-order valence-corrected chi connectivity index (χ1v) is 6.50. The van der Waals surface area contributed by atoms with Crippen LogP contribution in [0.4, 0.5) is 13.2 Å². The summed E-state index contributed by atoms with van der Waals surface area (Å²) in [6.45, 7) is 1.21. The molecule has 0 bridgehead atoms. The van der Waals surface area contributed by atoms with Gasteiger partial charge in [0.25, 0.3) is 5.91 Å². The summed E-state index contributed by atoms with van der Waals surface area (Å²) >= 11 is 0. The maximum absolute atomic E-state index is 12.4. The van der Waals surface area contributed by atoms with E-state index in [1.54, 1.807) is 0 Å². The predicted molar refractivity (Wildman–Crippen MR) is 68.5 cm³/mol. The fraction of sp³-hybridized carbons (Fsp3) is 0.538. The van der Waals surface area contributed by atoms with Crippen molar-refractivity contribution in [3.05, 3.63) is 29.6 Å². The van der Waals surface area contributed by atoms with Gasteiger partial charge in [-0.2, -0.15) is 13.2 Å². The smallest absolute Gasteiger partial charge is 0.381 e. The van der Waals surface area contributed by atoms with Crippen molar-refractivity contribution in [1.82, 2.24) is 10.3 Å². The number of aromatic nitrogens is 1. The van der Waals surface area contributed by atoms with E-state index in [1.165, 1.54) is 0 Å². The second-order valence-corrected chi connectivity index (χ2v) is 4.98. The van der Waals surface area contributed by atoms with Gasteiger partial charge in [0.05, 0.1) is 11.1 Å². The molecule has 5 nitrogen and oxygen atoms in total. The van der Waals surface area contributed by atoms with Gasteiger partial charge in [-0.25, -0.2) is 0 Å². The van der Waals surface area contributed by atoms with Crippen LogP contribution >= 0.6 is 0 Å². The number of nitrogens with zero attached hydrogens (tertiary/aromatic N) is 1. The summed E-state index contributed by atoms with van der Waals surface area (Å²) in [6, 6.07) is 1.89. The van der Waals surface area contributed by atoms with Crippen LogP contribution in [-0.2, 0) is 10.9 Å². The Kier molecular flexibility index (Phi) is 4.48. The van der Waals surface area contributed by atoms with Crippen molar-refractivity contribution in [2.45, 2.75) is 24.6 Å². The number of amides is 1. The molecule has 1 aromatic heterocycles. The van der Waals surface area contributed by atoms with Crippen molar-refractivity contribution >= 4 is 5.91 Å². The van der Waals surface area contributed by atoms with Crippen LogP contribution in [0.5, 0.6) is 0 Å². The first-order chi connectivity index (χ1) is 9.86. The molecule has 1 aromatic rings.